The minimum atomic E-state index is -0.0922. The van der Waals surface area contributed by atoms with Crippen LogP contribution >= 0.6 is 0 Å². The average Bonchev–Trinajstić information content (AvgIpc) is 2.98. The van der Waals surface area contributed by atoms with Gasteiger partial charge in [-0.2, -0.15) is 0 Å². The highest BCUT2D eigenvalue weighted by molar-refractivity contribution is 5.78. The minimum absolute atomic E-state index is 0.0922. The van der Waals surface area contributed by atoms with Gasteiger partial charge in [0.1, 0.15) is 0 Å². The van der Waals surface area contributed by atoms with Gasteiger partial charge in [-0.15, -0.1) is 0 Å². The van der Waals surface area contributed by atoms with Crippen molar-refractivity contribution in [2.24, 2.45) is 0 Å². The molecule has 0 N–H and O–H groups in total. The number of carbonyl (C=O) groups is 1. The Balaban J connectivity index is 1.43. The summed E-state index contributed by atoms with van der Waals surface area (Å²) in [5, 5.41) is 0. The van der Waals surface area contributed by atoms with Gasteiger partial charge < -0.3 is 14.4 Å². The van der Waals surface area contributed by atoms with Crippen LogP contribution in [0.25, 0.3) is 0 Å². The number of allylic oxidation sites excluding steroid dienone is 2. The van der Waals surface area contributed by atoms with Crippen LogP contribution in [0, 0.1) is 0 Å². The van der Waals surface area contributed by atoms with Crippen molar-refractivity contribution in [3.8, 4) is 11.5 Å². The van der Waals surface area contributed by atoms with E-state index >= 15 is 0 Å². The van der Waals surface area contributed by atoms with Gasteiger partial charge in [-0.1, -0.05) is 101 Å². The molecule has 0 aromatic heterocycles. The molecule has 1 unspecified atom stereocenters. The molecule has 0 saturated heterocycles. The topological polar surface area (TPSA) is 38.8 Å². The number of rotatable bonds is 18. The van der Waals surface area contributed by atoms with E-state index in [0.717, 1.165) is 42.7 Å². The van der Waals surface area contributed by atoms with Crippen LogP contribution in [-0.2, 0) is 11.2 Å². The van der Waals surface area contributed by atoms with Crippen molar-refractivity contribution < 1.29 is 14.3 Å². The predicted octanol–water partition coefficient (Wildman–Crippen LogP) is 9.22. The van der Waals surface area contributed by atoms with E-state index in [1.54, 1.807) is 14.2 Å². The Kier molecular flexibility index (Phi) is 14.0. The lowest BCUT2D eigenvalue weighted by Crippen LogP contribution is -2.40. The fourth-order valence-corrected chi connectivity index (χ4v) is 5.70. The number of hydrogen-bond acceptors (Lipinski definition) is 3. The Morgan fingerprint density at radius 1 is 0.821 bits per heavy atom. The Morgan fingerprint density at radius 3 is 2.05 bits per heavy atom. The second-order valence-electron chi connectivity index (χ2n) is 10.9. The summed E-state index contributed by atoms with van der Waals surface area (Å²) in [6, 6.07) is 14.4. The highest BCUT2D eigenvalue weighted by Crippen LogP contribution is 2.41. The third kappa shape index (κ3) is 9.74. The summed E-state index contributed by atoms with van der Waals surface area (Å²) in [5.74, 6) is 1.71. The van der Waals surface area contributed by atoms with Gasteiger partial charge in [0.05, 0.1) is 20.3 Å². The largest absolute Gasteiger partial charge is 0.493 e. The van der Waals surface area contributed by atoms with E-state index in [2.05, 4.69) is 60.4 Å². The number of benzene rings is 2. The average molecular weight is 534 g/mol. The second-order valence-corrected chi connectivity index (χ2v) is 10.9. The summed E-state index contributed by atoms with van der Waals surface area (Å²) in [6.45, 7) is 3.00. The van der Waals surface area contributed by atoms with Crippen LogP contribution in [0.4, 0.5) is 0 Å². The lowest BCUT2D eigenvalue weighted by Gasteiger charge is -2.38. The fraction of sp³-hybridized carbons (Fsp3) is 0.571. The Labute approximate surface area is 237 Å². The maximum absolute atomic E-state index is 13.5. The molecule has 4 heteroatoms. The van der Waals surface area contributed by atoms with Crippen molar-refractivity contribution in [2.45, 2.75) is 109 Å². The smallest absolute Gasteiger partial charge is 0.223 e. The second kappa shape index (κ2) is 17.8. The van der Waals surface area contributed by atoms with Crippen LogP contribution in [0.15, 0.2) is 54.6 Å². The molecule has 1 aliphatic rings. The minimum Gasteiger partial charge on any atom is -0.493 e. The first kappa shape index (κ1) is 30.8. The van der Waals surface area contributed by atoms with E-state index in [0.29, 0.717) is 12.2 Å². The van der Waals surface area contributed by atoms with Gasteiger partial charge in [0, 0.05) is 13.0 Å². The monoisotopic (exact) mass is 533 g/mol. The molecular formula is C35H51NO3. The third-order valence-electron chi connectivity index (χ3n) is 7.96. The fourth-order valence-electron chi connectivity index (χ4n) is 5.70. The van der Waals surface area contributed by atoms with Gasteiger partial charge in [0.25, 0.3) is 0 Å². The summed E-state index contributed by atoms with van der Waals surface area (Å²) in [4.78, 5) is 15.5. The van der Waals surface area contributed by atoms with Gasteiger partial charge >= 0.3 is 0 Å². The van der Waals surface area contributed by atoms with E-state index in [-0.39, 0.29) is 11.9 Å². The molecule has 0 spiro atoms. The van der Waals surface area contributed by atoms with Crippen molar-refractivity contribution >= 4 is 5.91 Å². The summed E-state index contributed by atoms with van der Waals surface area (Å²) < 4.78 is 11.2. The summed E-state index contributed by atoms with van der Waals surface area (Å²) in [6.07, 6.45) is 22.6. The molecule has 0 fully saturated rings. The number of amides is 1. The quantitative estimate of drug-likeness (QED) is 0.142. The summed E-state index contributed by atoms with van der Waals surface area (Å²) in [7, 11) is 3.34. The van der Waals surface area contributed by atoms with E-state index in [9.17, 15) is 4.79 Å². The first-order chi connectivity index (χ1) is 19.2. The van der Waals surface area contributed by atoms with Crippen LogP contribution in [0.3, 0.4) is 0 Å². The van der Waals surface area contributed by atoms with Crippen molar-refractivity contribution in [1.29, 1.82) is 0 Å². The number of carbonyl (C=O) groups excluding carboxylic acids is 1. The molecule has 0 aliphatic carbocycles. The molecule has 3 rings (SSSR count). The van der Waals surface area contributed by atoms with Crippen LogP contribution in [-0.4, -0.2) is 31.6 Å². The molecule has 0 bridgehead atoms. The zero-order chi connectivity index (χ0) is 27.7. The lowest BCUT2D eigenvalue weighted by atomic mass is 9.87. The van der Waals surface area contributed by atoms with Gasteiger partial charge in [0.2, 0.25) is 5.91 Å². The van der Waals surface area contributed by atoms with Gasteiger partial charge in [-0.3, -0.25) is 4.79 Å². The number of methoxy groups -OCH3 is 2. The zero-order valence-electron chi connectivity index (χ0n) is 24.8. The number of fused-ring (bicyclic) bond motifs is 1. The number of unbranched alkanes of at least 4 members (excludes halogenated alkanes) is 11. The highest BCUT2D eigenvalue weighted by atomic mass is 16.5. The van der Waals surface area contributed by atoms with Gasteiger partial charge in [-0.05, 0) is 67.3 Å². The van der Waals surface area contributed by atoms with Crippen LogP contribution < -0.4 is 9.47 Å². The predicted molar refractivity (Wildman–Crippen MR) is 163 cm³/mol. The number of hydrogen-bond donors (Lipinski definition) is 0. The molecule has 0 saturated carbocycles. The standard InChI is InChI=1S/C35H51NO3/c1-4-5-6-7-8-9-10-11-12-13-14-15-16-17-21-24-34(37)36-26-25-30-27-32(38-2)33(39-3)28-31(30)35(36)29-22-19-18-20-23-29/h11-12,18-20,22-23,27-28,35H,4-10,13-17,21,24-26H2,1-3H3/b12-11-. The van der Waals surface area contributed by atoms with E-state index in [1.165, 1.54) is 76.2 Å². The van der Waals surface area contributed by atoms with E-state index in [4.69, 9.17) is 9.47 Å². The molecular weight excluding hydrogens is 482 g/mol. The molecule has 1 atom stereocenters. The molecule has 2 aromatic rings. The van der Waals surface area contributed by atoms with Crippen molar-refractivity contribution in [1.82, 2.24) is 4.90 Å². The zero-order valence-corrected chi connectivity index (χ0v) is 24.8. The van der Waals surface area contributed by atoms with E-state index in [1.807, 2.05) is 6.07 Å². The maximum atomic E-state index is 13.5. The SMILES string of the molecule is CCCCCCCC/C=C\CCCCCCCC(=O)N1CCc2cc(OC)c(OC)cc2C1c1ccccc1. The summed E-state index contributed by atoms with van der Waals surface area (Å²) in [5.41, 5.74) is 3.51. The molecule has 1 aliphatic heterocycles. The first-order valence-corrected chi connectivity index (χ1v) is 15.4. The Bertz CT molecular complexity index is 1000. The van der Waals surface area contributed by atoms with E-state index < -0.39 is 0 Å². The normalized spacial score (nSPS) is 14.9. The molecule has 214 valence electrons. The maximum Gasteiger partial charge on any atom is 0.223 e. The molecule has 0 radical (unpaired) electrons. The number of ether oxygens (including phenoxy) is 2. The Morgan fingerprint density at radius 2 is 1.41 bits per heavy atom. The van der Waals surface area contributed by atoms with Gasteiger partial charge in [-0.25, -0.2) is 0 Å². The molecule has 39 heavy (non-hydrogen) atoms. The third-order valence-corrected chi connectivity index (χ3v) is 7.96. The van der Waals surface area contributed by atoms with Crippen molar-refractivity contribution in [3.05, 3.63) is 71.3 Å². The van der Waals surface area contributed by atoms with Crippen molar-refractivity contribution in [3.63, 3.8) is 0 Å². The molecule has 1 amide bonds. The van der Waals surface area contributed by atoms with Crippen LogP contribution in [0.1, 0.15) is 120 Å². The number of nitrogens with zero attached hydrogens (tertiary/aromatic N) is 1. The lowest BCUT2D eigenvalue weighted by molar-refractivity contribution is -0.133. The van der Waals surface area contributed by atoms with Crippen LogP contribution in [0.2, 0.25) is 0 Å². The highest BCUT2D eigenvalue weighted by Gasteiger charge is 2.32. The summed E-state index contributed by atoms with van der Waals surface area (Å²) >= 11 is 0. The molecule has 4 nitrogen and oxygen atoms in total. The van der Waals surface area contributed by atoms with Crippen molar-refractivity contribution in [2.75, 3.05) is 20.8 Å². The Hall–Kier alpha value is -2.75. The van der Waals surface area contributed by atoms with Gasteiger partial charge in [0.15, 0.2) is 11.5 Å². The molecule has 1 heterocycles. The molecule has 2 aromatic carbocycles. The first-order valence-electron chi connectivity index (χ1n) is 15.4. The van der Waals surface area contributed by atoms with Crippen LogP contribution in [0.5, 0.6) is 11.5 Å².